The van der Waals surface area contributed by atoms with Crippen LogP contribution >= 0.6 is 0 Å². The molecule has 0 radical (unpaired) electrons. The number of nitrogens with zero attached hydrogens (tertiary/aromatic N) is 5. The number of rotatable bonds is 9. The van der Waals surface area contributed by atoms with Crippen molar-refractivity contribution in [2.24, 2.45) is 0 Å². The molecule has 2 N–H and O–H groups in total. The van der Waals surface area contributed by atoms with Crippen LogP contribution < -0.4 is 14.4 Å². The minimum atomic E-state index is -1.16. The number of aromatic nitrogens is 3. The second kappa shape index (κ2) is 11.8. The van der Waals surface area contributed by atoms with Gasteiger partial charge in [-0.25, -0.2) is 4.68 Å². The summed E-state index contributed by atoms with van der Waals surface area (Å²) in [7, 11) is 1.65. The molecule has 5 rings (SSSR count). The summed E-state index contributed by atoms with van der Waals surface area (Å²) in [5, 5.41) is 29.3. The van der Waals surface area contributed by atoms with E-state index in [1.165, 1.54) is 0 Å². The van der Waals surface area contributed by atoms with Crippen molar-refractivity contribution in [1.29, 1.82) is 0 Å². The van der Waals surface area contributed by atoms with E-state index in [-0.39, 0.29) is 25.5 Å². The average Bonchev–Trinajstić information content (AvgIpc) is 3.52. The van der Waals surface area contributed by atoms with E-state index in [2.05, 4.69) is 15.2 Å². The SMILES string of the molecule is COc1ccccc1N1CCN(C(=O)C[C@@H]2O[C@H](Cn3cc(COc4ccccc4)nn3)[C@@H](O)[C@H]2O)CC1. The molecule has 3 aromatic rings. The smallest absolute Gasteiger partial charge is 0.225 e. The van der Waals surface area contributed by atoms with Crippen LogP contribution in [0.5, 0.6) is 11.5 Å². The van der Waals surface area contributed by atoms with Crippen LogP contribution in [0.25, 0.3) is 0 Å². The van der Waals surface area contributed by atoms with E-state index in [0.29, 0.717) is 31.9 Å². The summed E-state index contributed by atoms with van der Waals surface area (Å²) in [5.41, 5.74) is 1.63. The van der Waals surface area contributed by atoms with Crippen molar-refractivity contribution in [2.75, 3.05) is 38.2 Å². The Morgan fingerprint density at radius 3 is 2.47 bits per heavy atom. The van der Waals surface area contributed by atoms with Crippen molar-refractivity contribution in [3.05, 3.63) is 66.5 Å². The highest BCUT2D eigenvalue weighted by molar-refractivity contribution is 5.77. The van der Waals surface area contributed by atoms with Crippen LogP contribution in [0.1, 0.15) is 12.1 Å². The molecule has 0 saturated carbocycles. The fourth-order valence-electron chi connectivity index (χ4n) is 4.89. The maximum Gasteiger partial charge on any atom is 0.225 e. The number of amides is 1. The molecule has 2 aliphatic heterocycles. The fraction of sp³-hybridized carbons (Fsp3) is 0.444. The van der Waals surface area contributed by atoms with Crippen LogP contribution in [0, 0.1) is 0 Å². The van der Waals surface area contributed by atoms with Gasteiger partial charge in [0.05, 0.1) is 38.1 Å². The van der Waals surface area contributed by atoms with E-state index in [9.17, 15) is 15.0 Å². The maximum atomic E-state index is 13.0. The number of benzene rings is 2. The first-order valence-corrected chi connectivity index (χ1v) is 12.8. The van der Waals surface area contributed by atoms with Gasteiger partial charge in [0.15, 0.2) is 0 Å². The highest BCUT2D eigenvalue weighted by Gasteiger charge is 2.44. The lowest BCUT2D eigenvalue weighted by atomic mass is 10.0. The summed E-state index contributed by atoms with van der Waals surface area (Å²) < 4.78 is 18.6. The van der Waals surface area contributed by atoms with Gasteiger partial charge >= 0.3 is 0 Å². The van der Waals surface area contributed by atoms with Crippen LogP contribution in [0.4, 0.5) is 5.69 Å². The van der Waals surface area contributed by atoms with Crippen molar-refractivity contribution >= 4 is 11.6 Å². The minimum absolute atomic E-state index is 0.00307. The summed E-state index contributed by atoms with van der Waals surface area (Å²) in [4.78, 5) is 17.0. The Morgan fingerprint density at radius 2 is 1.71 bits per heavy atom. The highest BCUT2D eigenvalue weighted by atomic mass is 16.5. The third-order valence-electron chi connectivity index (χ3n) is 6.98. The molecule has 38 heavy (non-hydrogen) atoms. The average molecular weight is 524 g/mol. The number of para-hydroxylation sites is 3. The summed E-state index contributed by atoms with van der Waals surface area (Å²) in [6.45, 7) is 2.90. The fourth-order valence-corrected chi connectivity index (χ4v) is 4.89. The Kier molecular flexibility index (Phi) is 8.06. The van der Waals surface area contributed by atoms with E-state index >= 15 is 0 Å². The molecule has 2 aromatic carbocycles. The Labute approximate surface area is 221 Å². The lowest BCUT2D eigenvalue weighted by Crippen LogP contribution is -2.50. The van der Waals surface area contributed by atoms with Gasteiger partial charge in [-0.3, -0.25) is 4.79 Å². The molecule has 11 heteroatoms. The third-order valence-corrected chi connectivity index (χ3v) is 6.98. The zero-order valence-electron chi connectivity index (χ0n) is 21.3. The Hall–Kier alpha value is -3.67. The van der Waals surface area contributed by atoms with Crippen LogP contribution in [-0.2, 0) is 22.7 Å². The number of hydrogen-bond donors (Lipinski definition) is 2. The number of carbonyl (C=O) groups excluding carboxylic acids is 1. The molecule has 0 aliphatic carbocycles. The number of methoxy groups -OCH3 is 1. The Bertz CT molecular complexity index is 1200. The topological polar surface area (TPSA) is 122 Å². The molecule has 2 aliphatic rings. The van der Waals surface area contributed by atoms with Crippen molar-refractivity contribution in [3.8, 4) is 11.5 Å². The van der Waals surface area contributed by atoms with Gasteiger partial charge in [-0.05, 0) is 24.3 Å². The molecule has 1 amide bonds. The van der Waals surface area contributed by atoms with Crippen LogP contribution in [0.3, 0.4) is 0 Å². The van der Waals surface area contributed by atoms with E-state index in [1.54, 1.807) is 22.9 Å². The first kappa shape index (κ1) is 26.0. The van der Waals surface area contributed by atoms with Gasteiger partial charge in [0.25, 0.3) is 0 Å². The number of hydrogen-bond acceptors (Lipinski definition) is 9. The summed E-state index contributed by atoms with van der Waals surface area (Å²) in [5.74, 6) is 1.43. The second-order valence-electron chi connectivity index (χ2n) is 9.47. The number of anilines is 1. The molecule has 0 bridgehead atoms. The number of aliphatic hydroxyl groups is 2. The zero-order chi connectivity index (χ0) is 26.5. The highest BCUT2D eigenvalue weighted by Crippen LogP contribution is 2.29. The van der Waals surface area contributed by atoms with Crippen molar-refractivity contribution in [2.45, 2.75) is 44.0 Å². The number of piperazine rings is 1. The number of aliphatic hydroxyl groups excluding tert-OH is 2. The van der Waals surface area contributed by atoms with Crippen molar-refractivity contribution in [3.63, 3.8) is 0 Å². The van der Waals surface area contributed by atoms with E-state index < -0.39 is 24.4 Å². The maximum absolute atomic E-state index is 13.0. The molecule has 4 atom stereocenters. The molecule has 11 nitrogen and oxygen atoms in total. The predicted molar refractivity (Wildman–Crippen MR) is 138 cm³/mol. The Morgan fingerprint density at radius 1 is 1.00 bits per heavy atom. The van der Waals surface area contributed by atoms with Gasteiger partial charge in [-0.1, -0.05) is 35.5 Å². The second-order valence-corrected chi connectivity index (χ2v) is 9.47. The molecule has 1 aromatic heterocycles. The predicted octanol–water partition coefficient (Wildman–Crippen LogP) is 1.09. The minimum Gasteiger partial charge on any atom is -0.495 e. The molecule has 0 spiro atoms. The monoisotopic (exact) mass is 523 g/mol. The lowest BCUT2D eigenvalue weighted by molar-refractivity contribution is -0.135. The first-order chi connectivity index (χ1) is 18.5. The molecular formula is C27H33N5O6. The molecule has 2 fully saturated rings. The molecular weight excluding hydrogens is 490 g/mol. The molecule has 3 heterocycles. The number of carbonyl (C=O) groups is 1. The summed E-state index contributed by atoms with van der Waals surface area (Å²) in [6, 6.07) is 17.2. The van der Waals surface area contributed by atoms with Gasteiger partial charge in [0.2, 0.25) is 5.91 Å². The van der Waals surface area contributed by atoms with E-state index in [1.807, 2.05) is 54.6 Å². The van der Waals surface area contributed by atoms with Gasteiger partial charge in [0, 0.05) is 26.2 Å². The molecule has 0 unspecified atom stereocenters. The molecule has 202 valence electrons. The summed E-state index contributed by atoms with van der Waals surface area (Å²) >= 11 is 0. The number of ether oxygens (including phenoxy) is 3. The van der Waals surface area contributed by atoms with Crippen LogP contribution in [0.2, 0.25) is 0 Å². The van der Waals surface area contributed by atoms with Gasteiger partial charge in [0.1, 0.15) is 42.1 Å². The van der Waals surface area contributed by atoms with Gasteiger partial charge in [-0.15, -0.1) is 5.10 Å². The zero-order valence-corrected chi connectivity index (χ0v) is 21.3. The van der Waals surface area contributed by atoms with Crippen molar-refractivity contribution in [1.82, 2.24) is 19.9 Å². The molecule has 2 saturated heterocycles. The normalized spacial score (nSPS) is 23.4. The third kappa shape index (κ3) is 5.90. The lowest BCUT2D eigenvalue weighted by Gasteiger charge is -2.37. The standard InChI is InChI=1S/C27H33N5O6/c1-36-22-10-6-5-9-21(22)30-11-13-31(14-12-30)25(33)15-23-26(34)27(35)24(38-23)17-32-16-19(28-29-32)18-37-20-7-3-2-4-8-20/h2-10,16,23-24,26-27,34-35H,11-15,17-18H2,1H3/t23-,24+,26-,27+/m0/s1. The first-order valence-electron chi connectivity index (χ1n) is 12.8. The van der Waals surface area contributed by atoms with Crippen LogP contribution in [-0.4, -0.2) is 93.7 Å². The van der Waals surface area contributed by atoms with E-state index in [4.69, 9.17) is 14.2 Å². The van der Waals surface area contributed by atoms with E-state index in [0.717, 1.165) is 17.2 Å². The van der Waals surface area contributed by atoms with Crippen molar-refractivity contribution < 1.29 is 29.2 Å². The summed E-state index contributed by atoms with van der Waals surface area (Å²) in [6.07, 6.45) is -2.09. The Balaban J connectivity index is 1.10. The van der Waals surface area contributed by atoms with Crippen LogP contribution in [0.15, 0.2) is 60.8 Å². The quantitative estimate of drug-likeness (QED) is 0.424. The largest absolute Gasteiger partial charge is 0.495 e. The van der Waals surface area contributed by atoms with Gasteiger partial charge < -0.3 is 34.2 Å². The van der Waals surface area contributed by atoms with Gasteiger partial charge in [-0.2, -0.15) is 0 Å².